The zero-order valence-corrected chi connectivity index (χ0v) is 13.0. The van der Waals surface area contributed by atoms with Crippen LogP contribution in [0.15, 0.2) is 12.5 Å². The molecule has 1 saturated carbocycles. The number of amides is 1. The Kier molecular flexibility index (Phi) is 3.45. The third kappa shape index (κ3) is 2.45. The van der Waals surface area contributed by atoms with E-state index in [2.05, 4.69) is 19.9 Å². The molecule has 7 nitrogen and oxygen atoms in total. The number of rotatable bonds is 4. The minimum Gasteiger partial charge on any atom is -0.383 e. The highest BCUT2D eigenvalue weighted by molar-refractivity contribution is 6.08. The summed E-state index contributed by atoms with van der Waals surface area (Å²) in [4.78, 5) is 20.1. The van der Waals surface area contributed by atoms with E-state index in [0.29, 0.717) is 22.8 Å². The molecular weight excluding hydrogens is 292 g/mol. The second kappa shape index (κ2) is 5.49. The predicted molar refractivity (Wildman–Crippen MR) is 87.8 cm³/mol. The van der Waals surface area contributed by atoms with E-state index in [4.69, 9.17) is 11.5 Å². The van der Waals surface area contributed by atoms with Gasteiger partial charge >= 0.3 is 0 Å². The first-order valence-corrected chi connectivity index (χ1v) is 8.25. The average molecular weight is 314 g/mol. The maximum absolute atomic E-state index is 11.7. The monoisotopic (exact) mass is 314 g/mol. The van der Waals surface area contributed by atoms with Gasteiger partial charge in [0.25, 0.3) is 5.91 Å². The van der Waals surface area contributed by atoms with Crippen LogP contribution in [0.25, 0.3) is 11.0 Å². The molecule has 0 bridgehead atoms. The van der Waals surface area contributed by atoms with Gasteiger partial charge in [0.05, 0.1) is 10.9 Å². The maximum atomic E-state index is 11.7. The normalized spacial score (nSPS) is 24.9. The second-order valence-corrected chi connectivity index (χ2v) is 6.86. The first kappa shape index (κ1) is 14.4. The van der Waals surface area contributed by atoms with Crippen LogP contribution < -0.4 is 16.8 Å². The van der Waals surface area contributed by atoms with Gasteiger partial charge in [-0.05, 0) is 50.6 Å². The summed E-state index contributed by atoms with van der Waals surface area (Å²) in [6.45, 7) is 2.31. The molecule has 7 heteroatoms. The number of aromatic nitrogens is 3. The van der Waals surface area contributed by atoms with Crippen LogP contribution in [-0.4, -0.2) is 33.5 Å². The first-order valence-electron chi connectivity index (χ1n) is 8.25. The highest BCUT2D eigenvalue weighted by Gasteiger charge is 2.31. The fourth-order valence-electron chi connectivity index (χ4n) is 4.08. The molecule has 2 aromatic rings. The van der Waals surface area contributed by atoms with Crippen molar-refractivity contribution >= 4 is 22.8 Å². The molecule has 23 heavy (non-hydrogen) atoms. The van der Waals surface area contributed by atoms with Gasteiger partial charge in [0.15, 0.2) is 0 Å². The SMILES string of the molecule is NC(=O)c1cn(C2CCC(CC3CNC3)C2)c2ncnc(N)c12. The van der Waals surface area contributed by atoms with E-state index < -0.39 is 5.91 Å². The molecule has 5 N–H and O–H groups in total. The van der Waals surface area contributed by atoms with Crippen LogP contribution in [0.1, 0.15) is 42.1 Å². The van der Waals surface area contributed by atoms with Crippen LogP contribution in [0.5, 0.6) is 0 Å². The Labute approximate surface area is 134 Å². The number of hydrogen-bond donors (Lipinski definition) is 3. The van der Waals surface area contributed by atoms with Crippen molar-refractivity contribution in [3.63, 3.8) is 0 Å². The molecule has 0 radical (unpaired) electrons. The predicted octanol–water partition coefficient (Wildman–Crippen LogP) is 1.06. The summed E-state index contributed by atoms with van der Waals surface area (Å²) in [5.74, 6) is 1.42. The van der Waals surface area contributed by atoms with Gasteiger partial charge in [-0.15, -0.1) is 0 Å². The molecule has 2 aliphatic rings. The number of primary amides is 1. The smallest absolute Gasteiger partial charge is 0.251 e. The quantitative estimate of drug-likeness (QED) is 0.781. The largest absolute Gasteiger partial charge is 0.383 e. The highest BCUT2D eigenvalue weighted by atomic mass is 16.1. The Morgan fingerprint density at radius 2 is 2.13 bits per heavy atom. The number of nitrogens with two attached hydrogens (primary N) is 2. The van der Waals surface area contributed by atoms with Crippen molar-refractivity contribution < 1.29 is 4.79 Å². The third-order valence-electron chi connectivity index (χ3n) is 5.34. The van der Waals surface area contributed by atoms with Crippen molar-refractivity contribution in [2.24, 2.45) is 17.6 Å². The van der Waals surface area contributed by atoms with E-state index in [1.165, 1.54) is 19.2 Å². The van der Waals surface area contributed by atoms with E-state index >= 15 is 0 Å². The lowest BCUT2D eigenvalue weighted by atomic mass is 9.89. The molecule has 2 atom stereocenters. The van der Waals surface area contributed by atoms with Crippen LogP contribution in [0, 0.1) is 11.8 Å². The molecule has 1 saturated heterocycles. The number of fused-ring (bicyclic) bond motifs is 1. The molecule has 4 rings (SSSR count). The van der Waals surface area contributed by atoms with E-state index in [0.717, 1.165) is 43.4 Å². The topological polar surface area (TPSA) is 112 Å². The van der Waals surface area contributed by atoms with Crippen molar-refractivity contribution in [1.82, 2.24) is 19.9 Å². The molecule has 1 aliphatic carbocycles. The van der Waals surface area contributed by atoms with Crippen LogP contribution in [0.2, 0.25) is 0 Å². The van der Waals surface area contributed by atoms with Crippen LogP contribution in [0.4, 0.5) is 5.82 Å². The summed E-state index contributed by atoms with van der Waals surface area (Å²) in [6.07, 6.45) is 8.02. The lowest BCUT2D eigenvalue weighted by Gasteiger charge is -2.29. The van der Waals surface area contributed by atoms with E-state index in [9.17, 15) is 4.79 Å². The van der Waals surface area contributed by atoms with Crippen LogP contribution >= 0.6 is 0 Å². The lowest BCUT2D eigenvalue weighted by Crippen LogP contribution is -2.42. The highest BCUT2D eigenvalue weighted by Crippen LogP contribution is 2.40. The van der Waals surface area contributed by atoms with E-state index in [-0.39, 0.29) is 0 Å². The van der Waals surface area contributed by atoms with Crippen LogP contribution in [0.3, 0.4) is 0 Å². The summed E-state index contributed by atoms with van der Waals surface area (Å²) in [7, 11) is 0. The number of hydrogen-bond acceptors (Lipinski definition) is 5. The van der Waals surface area contributed by atoms with Gasteiger partial charge in [-0.25, -0.2) is 9.97 Å². The molecule has 2 unspecified atom stereocenters. The Morgan fingerprint density at radius 1 is 1.30 bits per heavy atom. The van der Waals surface area contributed by atoms with Crippen molar-refractivity contribution in [2.75, 3.05) is 18.8 Å². The van der Waals surface area contributed by atoms with Crippen molar-refractivity contribution in [1.29, 1.82) is 0 Å². The molecule has 2 fully saturated rings. The molecule has 0 aromatic carbocycles. The summed E-state index contributed by atoms with van der Waals surface area (Å²) >= 11 is 0. The Balaban J connectivity index is 1.64. The van der Waals surface area contributed by atoms with Gasteiger partial charge in [-0.1, -0.05) is 0 Å². The van der Waals surface area contributed by atoms with Gasteiger partial charge in [0.1, 0.15) is 17.8 Å². The number of anilines is 1. The van der Waals surface area contributed by atoms with Crippen LogP contribution in [-0.2, 0) is 0 Å². The minimum absolute atomic E-state index is 0.317. The first-order chi connectivity index (χ1) is 11.1. The van der Waals surface area contributed by atoms with Crippen molar-refractivity contribution in [2.45, 2.75) is 31.7 Å². The third-order valence-corrected chi connectivity index (χ3v) is 5.34. The number of nitrogens with one attached hydrogen (secondary N) is 1. The molecule has 0 spiro atoms. The van der Waals surface area contributed by atoms with Gasteiger partial charge in [0, 0.05) is 12.2 Å². The van der Waals surface area contributed by atoms with Crippen molar-refractivity contribution in [3.8, 4) is 0 Å². The van der Waals surface area contributed by atoms with Gasteiger partial charge in [-0.3, -0.25) is 4.79 Å². The van der Waals surface area contributed by atoms with E-state index in [1.807, 2.05) is 6.20 Å². The van der Waals surface area contributed by atoms with Crippen molar-refractivity contribution in [3.05, 3.63) is 18.1 Å². The summed E-state index contributed by atoms with van der Waals surface area (Å²) in [5, 5.41) is 3.93. The maximum Gasteiger partial charge on any atom is 0.251 e. The Morgan fingerprint density at radius 3 is 2.83 bits per heavy atom. The fraction of sp³-hybridized carbons (Fsp3) is 0.562. The second-order valence-electron chi connectivity index (χ2n) is 6.86. The zero-order valence-electron chi connectivity index (χ0n) is 13.0. The molecule has 122 valence electrons. The number of nitrogens with zero attached hydrogens (tertiary/aromatic N) is 3. The molecular formula is C16H22N6O. The standard InChI is InChI=1S/C16H22N6O/c17-14-13-12(15(18)23)7-22(16(13)21-8-20-14)11-2-1-9(4-11)3-10-5-19-6-10/h7-11,19H,1-6H2,(H2,18,23)(H2,17,20,21). The Hall–Kier alpha value is -2.15. The van der Waals surface area contributed by atoms with E-state index in [1.54, 1.807) is 0 Å². The Bertz CT molecular complexity index is 750. The number of nitrogen functional groups attached to an aromatic ring is 1. The molecule has 3 heterocycles. The van der Waals surface area contributed by atoms with Gasteiger partial charge in [0.2, 0.25) is 0 Å². The number of carbonyl (C=O) groups excluding carboxylic acids is 1. The minimum atomic E-state index is -0.481. The average Bonchev–Trinajstić information content (AvgIpc) is 3.07. The lowest BCUT2D eigenvalue weighted by molar-refractivity contribution is 0.100. The fourth-order valence-corrected chi connectivity index (χ4v) is 4.08. The summed E-state index contributed by atoms with van der Waals surface area (Å²) in [6, 6.07) is 0.359. The summed E-state index contributed by atoms with van der Waals surface area (Å²) < 4.78 is 2.09. The zero-order chi connectivity index (χ0) is 16.0. The summed E-state index contributed by atoms with van der Waals surface area (Å²) in [5.41, 5.74) is 12.6. The number of carbonyl (C=O) groups is 1. The van der Waals surface area contributed by atoms with Gasteiger partial charge in [-0.2, -0.15) is 0 Å². The molecule has 1 amide bonds. The molecule has 1 aliphatic heterocycles. The molecule has 2 aromatic heterocycles. The van der Waals surface area contributed by atoms with Gasteiger partial charge < -0.3 is 21.4 Å².